The summed E-state index contributed by atoms with van der Waals surface area (Å²) in [5, 5.41) is 9.18. The number of alkyl halides is 12. The van der Waals surface area contributed by atoms with Gasteiger partial charge in [0.25, 0.3) is 11.7 Å². The van der Waals surface area contributed by atoms with Gasteiger partial charge in [-0.1, -0.05) is 6.92 Å². The lowest BCUT2D eigenvalue weighted by Crippen LogP contribution is -2.69. The van der Waals surface area contributed by atoms with Crippen molar-refractivity contribution in [3.05, 3.63) is 0 Å². The van der Waals surface area contributed by atoms with Crippen molar-refractivity contribution in [2.75, 3.05) is 0 Å². The largest absolute Gasteiger partial charge is 0.442 e. The van der Waals surface area contributed by atoms with E-state index in [4.69, 9.17) is 0 Å². The Morgan fingerprint density at radius 1 is 0.846 bits per heavy atom. The van der Waals surface area contributed by atoms with Crippen LogP contribution in [0.4, 0.5) is 52.7 Å². The van der Waals surface area contributed by atoms with Crippen molar-refractivity contribution in [1.82, 2.24) is 0 Å². The fourth-order valence-corrected chi connectivity index (χ4v) is 1.89. The molecule has 0 fully saturated rings. The SMILES string of the molecule is CCC(C)(C(=O)OC(C(F)(F)F)C(F)(F)F)C(O)(C(F)(F)F)C(F)(F)F. The Morgan fingerprint density at radius 3 is 1.35 bits per heavy atom. The normalized spacial score (nSPS) is 17.2. The molecule has 1 atom stereocenters. The summed E-state index contributed by atoms with van der Waals surface area (Å²) >= 11 is 0. The minimum atomic E-state index is -6.68. The number of rotatable bonds is 4. The van der Waals surface area contributed by atoms with E-state index in [1.807, 2.05) is 0 Å². The molecule has 0 aliphatic rings. The number of halogens is 12. The van der Waals surface area contributed by atoms with Crippen LogP contribution >= 0.6 is 0 Å². The molecule has 0 spiro atoms. The summed E-state index contributed by atoms with van der Waals surface area (Å²) < 4.78 is 154. The number of hydrogen-bond donors (Lipinski definition) is 1. The number of carbonyl (C=O) groups is 1. The first kappa shape index (κ1) is 24.6. The summed E-state index contributed by atoms with van der Waals surface area (Å²) in [4.78, 5) is 11.6. The van der Waals surface area contributed by atoms with Gasteiger partial charge in [0.15, 0.2) is 0 Å². The Hall–Kier alpha value is -1.41. The van der Waals surface area contributed by atoms with Gasteiger partial charge >= 0.3 is 30.7 Å². The van der Waals surface area contributed by atoms with Crippen molar-refractivity contribution in [2.45, 2.75) is 56.7 Å². The fourth-order valence-electron chi connectivity index (χ4n) is 1.89. The van der Waals surface area contributed by atoms with Gasteiger partial charge < -0.3 is 9.84 Å². The van der Waals surface area contributed by atoms with Crippen LogP contribution < -0.4 is 0 Å². The monoisotopic (exact) mass is 418 g/mol. The zero-order valence-corrected chi connectivity index (χ0v) is 12.6. The average Bonchev–Trinajstić information content (AvgIpc) is 2.37. The molecule has 1 N–H and O–H groups in total. The minimum absolute atomic E-state index is 0.305. The molecule has 0 radical (unpaired) electrons. The van der Waals surface area contributed by atoms with E-state index in [0.29, 0.717) is 6.92 Å². The van der Waals surface area contributed by atoms with Crippen LogP contribution in [-0.4, -0.2) is 47.5 Å². The Labute approximate surface area is 136 Å². The van der Waals surface area contributed by atoms with Gasteiger partial charge in [0.1, 0.15) is 5.41 Å². The second kappa shape index (κ2) is 6.64. The number of ether oxygens (including phenoxy) is 1. The van der Waals surface area contributed by atoms with E-state index in [1.165, 1.54) is 0 Å². The second-order valence-electron chi connectivity index (χ2n) is 5.26. The van der Waals surface area contributed by atoms with E-state index in [1.54, 1.807) is 0 Å². The molecule has 0 rings (SSSR count). The van der Waals surface area contributed by atoms with Crippen molar-refractivity contribution in [3.8, 4) is 0 Å². The highest BCUT2D eigenvalue weighted by atomic mass is 19.4. The summed E-state index contributed by atoms with van der Waals surface area (Å²) in [6.45, 7) is 0.0972. The van der Waals surface area contributed by atoms with Gasteiger partial charge in [-0.25, -0.2) is 0 Å². The number of esters is 1. The summed E-state index contributed by atoms with van der Waals surface area (Å²) in [5.74, 6) is -3.18. The first-order valence-electron chi connectivity index (χ1n) is 6.27. The highest BCUT2D eigenvalue weighted by Gasteiger charge is 2.80. The Bertz CT molecular complexity index is 486. The molecule has 156 valence electrons. The topological polar surface area (TPSA) is 46.5 Å². The third-order valence-electron chi connectivity index (χ3n) is 3.60. The molecule has 0 saturated carbocycles. The molecule has 0 heterocycles. The van der Waals surface area contributed by atoms with Gasteiger partial charge in [-0.2, -0.15) is 52.7 Å². The second-order valence-corrected chi connectivity index (χ2v) is 5.26. The van der Waals surface area contributed by atoms with Crippen molar-refractivity contribution < 1.29 is 67.3 Å². The summed E-state index contributed by atoms with van der Waals surface area (Å²) in [7, 11) is 0. The van der Waals surface area contributed by atoms with Crippen LogP contribution in [0.5, 0.6) is 0 Å². The first-order valence-corrected chi connectivity index (χ1v) is 6.27. The molecule has 15 heteroatoms. The van der Waals surface area contributed by atoms with Crippen molar-refractivity contribution >= 4 is 5.97 Å². The molecule has 3 nitrogen and oxygen atoms in total. The molecule has 26 heavy (non-hydrogen) atoms. The van der Waals surface area contributed by atoms with Crippen LogP contribution in [0.1, 0.15) is 20.3 Å². The highest BCUT2D eigenvalue weighted by molar-refractivity contribution is 5.78. The van der Waals surface area contributed by atoms with E-state index in [2.05, 4.69) is 4.74 Å². The maximum atomic E-state index is 12.8. The van der Waals surface area contributed by atoms with Crippen molar-refractivity contribution in [2.24, 2.45) is 5.41 Å². The van der Waals surface area contributed by atoms with Gasteiger partial charge in [-0.05, 0) is 13.3 Å². The number of carbonyl (C=O) groups excluding carboxylic acids is 1. The molecule has 0 amide bonds. The number of aliphatic hydroxyl groups is 1. The Morgan fingerprint density at radius 2 is 1.15 bits per heavy atom. The molecular formula is C11H10F12O3. The molecule has 1 unspecified atom stereocenters. The molecule has 0 aromatic heterocycles. The van der Waals surface area contributed by atoms with E-state index in [9.17, 15) is 62.6 Å². The van der Waals surface area contributed by atoms with Gasteiger partial charge in [0, 0.05) is 0 Å². The smallest absolute Gasteiger partial charge is 0.434 e. The standard InChI is InChI=1S/C11H10F12O3/c1-3-6(2,9(25,10(18,19)20)11(21,22)23)5(24)26-4(7(12,13)14)8(15,16)17/h4,25H,3H2,1-2H3. The highest BCUT2D eigenvalue weighted by Crippen LogP contribution is 2.55. The van der Waals surface area contributed by atoms with Crippen LogP contribution in [0.2, 0.25) is 0 Å². The summed E-state index contributed by atoms with van der Waals surface area (Å²) in [6.07, 6.45) is -32.8. The molecule has 0 aliphatic carbocycles. The van der Waals surface area contributed by atoms with Crippen molar-refractivity contribution in [1.29, 1.82) is 0 Å². The van der Waals surface area contributed by atoms with E-state index >= 15 is 0 Å². The zero-order chi connectivity index (χ0) is 21.6. The first-order chi connectivity index (χ1) is 11.1. The van der Waals surface area contributed by atoms with E-state index in [0.717, 1.165) is 0 Å². The fraction of sp³-hybridized carbons (Fsp3) is 0.909. The number of hydrogen-bond acceptors (Lipinski definition) is 3. The third kappa shape index (κ3) is 4.11. The molecule has 0 aliphatic heterocycles. The predicted molar refractivity (Wildman–Crippen MR) is 57.4 cm³/mol. The van der Waals surface area contributed by atoms with E-state index in [-0.39, 0.29) is 6.92 Å². The molecular weight excluding hydrogens is 408 g/mol. The van der Waals surface area contributed by atoms with Gasteiger partial charge in [-0.15, -0.1) is 0 Å². The maximum Gasteiger partial charge on any atom is 0.434 e. The van der Waals surface area contributed by atoms with Crippen LogP contribution in [0.15, 0.2) is 0 Å². The molecule has 0 aromatic carbocycles. The lowest BCUT2D eigenvalue weighted by atomic mass is 9.70. The zero-order valence-electron chi connectivity index (χ0n) is 12.6. The Balaban J connectivity index is 6.34. The molecule has 0 bridgehead atoms. The Kier molecular flexibility index (Phi) is 6.28. The lowest BCUT2D eigenvalue weighted by molar-refractivity contribution is -0.400. The van der Waals surface area contributed by atoms with Crippen LogP contribution in [-0.2, 0) is 9.53 Å². The van der Waals surface area contributed by atoms with Gasteiger partial charge in [-0.3, -0.25) is 4.79 Å². The molecule has 0 saturated heterocycles. The van der Waals surface area contributed by atoms with Crippen molar-refractivity contribution in [3.63, 3.8) is 0 Å². The van der Waals surface area contributed by atoms with Crippen LogP contribution in [0.3, 0.4) is 0 Å². The molecule has 0 aromatic rings. The van der Waals surface area contributed by atoms with Crippen LogP contribution in [0, 0.1) is 5.41 Å². The summed E-state index contributed by atoms with van der Waals surface area (Å²) in [5.41, 5.74) is -10.2. The quantitative estimate of drug-likeness (QED) is 0.548. The van der Waals surface area contributed by atoms with Gasteiger partial charge in [0.2, 0.25) is 0 Å². The minimum Gasteiger partial charge on any atom is -0.442 e. The van der Waals surface area contributed by atoms with Crippen LogP contribution in [0.25, 0.3) is 0 Å². The lowest BCUT2D eigenvalue weighted by Gasteiger charge is -2.44. The maximum absolute atomic E-state index is 12.8. The predicted octanol–water partition coefficient (Wildman–Crippen LogP) is 4.29. The summed E-state index contributed by atoms with van der Waals surface area (Å²) in [6, 6.07) is 0. The average molecular weight is 418 g/mol. The van der Waals surface area contributed by atoms with E-state index < -0.39 is 54.2 Å². The van der Waals surface area contributed by atoms with Gasteiger partial charge in [0.05, 0.1) is 0 Å². The third-order valence-corrected chi connectivity index (χ3v) is 3.60.